The number of hydrogen-bond acceptors (Lipinski definition) is 7. The fourth-order valence-electron chi connectivity index (χ4n) is 3.45. The Morgan fingerprint density at radius 1 is 1.06 bits per heavy atom. The summed E-state index contributed by atoms with van der Waals surface area (Å²) in [4.78, 5) is 12.6. The Kier molecular flexibility index (Phi) is 6.87. The third-order valence-electron chi connectivity index (χ3n) is 5.20. The summed E-state index contributed by atoms with van der Waals surface area (Å²) in [5.41, 5.74) is 4.90. The quantitative estimate of drug-likeness (QED) is 0.294. The minimum absolute atomic E-state index is 0.116. The molecule has 0 bridgehead atoms. The summed E-state index contributed by atoms with van der Waals surface area (Å²) in [5, 5.41) is 16.1. The Morgan fingerprint density at radius 2 is 1.76 bits per heavy atom. The zero-order valence-electron chi connectivity index (χ0n) is 19.6. The van der Waals surface area contributed by atoms with Crippen molar-refractivity contribution < 1.29 is 9.53 Å². The fraction of sp³-hybridized carbons (Fsp3) is 0.250. The molecule has 176 valence electrons. The molecule has 2 heterocycles. The Morgan fingerprint density at radius 3 is 2.47 bits per heavy atom. The summed E-state index contributed by atoms with van der Waals surface area (Å²) in [7, 11) is 0. The van der Waals surface area contributed by atoms with Crippen molar-refractivity contribution in [3.63, 3.8) is 0 Å². The normalized spacial score (nSPS) is 10.9. The first-order valence-electron chi connectivity index (χ1n) is 10.8. The van der Waals surface area contributed by atoms with Crippen LogP contribution < -0.4 is 15.9 Å². The third kappa shape index (κ3) is 5.23. The van der Waals surface area contributed by atoms with Gasteiger partial charge in [0.15, 0.2) is 5.82 Å². The van der Waals surface area contributed by atoms with Gasteiger partial charge in [-0.25, -0.2) is 9.36 Å². The van der Waals surface area contributed by atoms with E-state index in [0.29, 0.717) is 16.8 Å². The van der Waals surface area contributed by atoms with Crippen LogP contribution in [0.1, 0.15) is 28.2 Å². The van der Waals surface area contributed by atoms with Crippen LogP contribution in [0.25, 0.3) is 5.69 Å². The maximum atomic E-state index is 12.6. The molecule has 1 amide bonds. The highest BCUT2D eigenvalue weighted by Crippen LogP contribution is 2.24. The average molecular weight is 478 g/mol. The van der Waals surface area contributed by atoms with Gasteiger partial charge >= 0.3 is 0 Å². The van der Waals surface area contributed by atoms with Crippen molar-refractivity contribution in [1.29, 1.82) is 0 Å². The van der Waals surface area contributed by atoms with Crippen molar-refractivity contribution in [1.82, 2.24) is 24.7 Å². The fourth-order valence-corrected chi connectivity index (χ4v) is 4.12. The predicted molar refractivity (Wildman–Crippen MR) is 133 cm³/mol. The number of carbonyl (C=O) groups is 1. The van der Waals surface area contributed by atoms with E-state index in [1.807, 2.05) is 76.2 Å². The van der Waals surface area contributed by atoms with E-state index in [1.54, 1.807) is 4.68 Å². The van der Waals surface area contributed by atoms with E-state index in [2.05, 4.69) is 20.6 Å². The van der Waals surface area contributed by atoms with E-state index < -0.39 is 0 Å². The number of nitrogens with zero attached hydrogens (tertiary/aromatic N) is 5. The summed E-state index contributed by atoms with van der Waals surface area (Å²) >= 11 is 1.20. The molecule has 0 aliphatic rings. The molecule has 0 unspecified atom stereocenters. The first-order chi connectivity index (χ1) is 16.3. The van der Waals surface area contributed by atoms with Crippen LogP contribution in [0.2, 0.25) is 0 Å². The topological polar surface area (TPSA) is 113 Å². The third-order valence-corrected chi connectivity index (χ3v) is 6.14. The standard InChI is InChI=1S/C24H27N7O2S/c1-15-8-10-19(11-9-15)31-20(12-18(4)29-31)26-22(32)14-34-24-28-27-21(30(24)25)13-33-23-16(2)6-5-7-17(23)3/h5-12H,13-14,25H2,1-4H3,(H,26,32). The van der Waals surface area contributed by atoms with Crippen LogP contribution in [0.15, 0.2) is 53.7 Å². The van der Waals surface area contributed by atoms with Gasteiger partial charge in [0.1, 0.15) is 18.2 Å². The van der Waals surface area contributed by atoms with Gasteiger partial charge in [-0.05, 0) is 51.0 Å². The van der Waals surface area contributed by atoms with Gasteiger partial charge < -0.3 is 15.9 Å². The van der Waals surface area contributed by atoms with Crippen LogP contribution in [0.4, 0.5) is 5.82 Å². The second-order valence-corrected chi connectivity index (χ2v) is 8.98. The van der Waals surface area contributed by atoms with E-state index >= 15 is 0 Å². The lowest BCUT2D eigenvalue weighted by Gasteiger charge is -2.11. The molecule has 0 aliphatic carbocycles. The number of carbonyl (C=O) groups excluding carboxylic acids is 1. The summed E-state index contributed by atoms with van der Waals surface area (Å²) in [6.07, 6.45) is 0. The van der Waals surface area contributed by atoms with Gasteiger partial charge in [0.25, 0.3) is 0 Å². The summed E-state index contributed by atoms with van der Waals surface area (Å²) < 4.78 is 8.98. The number of benzene rings is 2. The van der Waals surface area contributed by atoms with Gasteiger partial charge in [-0.15, -0.1) is 10.2 Å². The molecule has 0 atom stereocenters. The summed E-state index contributed by atoms with van der Waals surface area (Å²) in [5.74, 6) is 7.94. The van der Waals surface area contributed by atoms with Gasteiger partial charge in [-0.3, -0.25) is 4.79 Å². The van der Waals surface area contributed by atoms with Crippen molar-refractivity contribution in [2.24, 2.45) is 0 Å². The molecule has 9 nitrogen and oxygen atoms in total. The molecule has 34 heavy (non-hydrogen) atoms. The number of nitrogens with two attached hydrogens (primary N) is 1. The number of hydrogen-bond donors (Lipinski definition) is 2. The molecule has 0 saturated carbocycles. The van der Waals surface area contributed by atoms with Gasteiger partial charge in [-0.2, -0.15) is 5.10 Å². The highest BCUT2D eigenvalue weighted by molar-refractivity contribution is 7.99. The van der Waals surface area contributed by atoms with Crippen molar-refractivity contribution in [3.8, 4) is 11.4 Å². The Hall–Kier alpha value is -3.79. The average Bonchev–Trinajstić information content (AvgIpc) is 3.34. The molecule has 0 aliphatic heterocycles. The Balaban J connectivity index is 1.37. The van der Waals surface area contributed by atoms with Crippen LogP contribution in [0.3, 0.4) is 0 Å². The van der Waals surface area contributed by atoms with Gasteiger partial charge in [0.05, 0.1) is 17.1 Å². The molecule has 10 heteroatoms. The number of nitrogen functional groups attached to an aromatic ring is 1. The zero-order valence-corrected chi connectivity index (χ0v) is 20.4. The highest BCUT2D eigenvalue weighted by atomic mass is 32.2. The predicted octanol–water partition coefficient (Wildman–Crippen LogP) is 3.72. The number of rotatable bonds is 8. The minimum atomic E-state index is -0.199. The smallest absolute Gasteiger partial charge is 0.236 e. The molecule has 2 aromatic carbocycles. The number of para-hydroxylation sites is 1. The largest absolute Gasteiger partial charge is 0.485 e. The second-order valence-electron chi connectivity index (χ2n) is 8.03. The SMILES string of the molecule is Cc1ccc(-n2nc(C)cc2NC(=O)CSc2nnc(COc3c(C)cccc3C)n2N)cc1. The van der Waals surface area contributed by atoms with Crippen molar-refractivity contribution in [2.75, 3.05) is 16.9 Å². The first kappa shape index (κ1) is 23.4. The van der Waals surface area contributed by atoms with Crippen LogP contribution in [-0.2, 0) is 11.4 Å². The molecular weight excluding hydrogens is 450 g/mol. The zero-order chi connectivity index (χ0) is 24.2. The Labute approximate surface area is 202 Å². The second kappa shape index (κ2) is 10.0. The molecular formula is C24H27N7O2S. The molecule has 4 aromatic rings. The van der Waals surface area contributed by atoms with E-state index in [-0.39, 0.29) is 18.3 Å². The number of aromatic nitrogens is 5. The molecule has 0 spiro atoms. The number of nitrogens with one attached hydrogen (secondary N) is 1. The number of amides is 1. The number of thioether (sulfide) groups is 1. The molecule has 0 fully saturated rings. The monoisotopic (exact) mass is 477 g/mol. The van der Waals surface area contributed by atoms with Crippen molar-refractivity contribution in [3.05, 3.63) is 76.7 Å². The lowest BCUT2D eigenvalue weighted by molar-refractivity contribution is -0.113. The number of aryl methyl sites for hydroxylation is 4. The summed E-state index contributed by atoms with van der Waals surface area (Å²) in [6, 6.07) is 15.7. The van der Waals surface area contributed by atoms with Crippen molar-refractivity contribution in [2.45, 2.75) is 39.5 Å². The maximum absolute atomic E-state index is 12.6. The van der Waals surface area contributed by atoms with E-state index in [9.17, 15) is 4.79 Å². The molecule has 0 saturated heterocycles. The molecule has 2 aromatic heterocycles. The van der Waals surface area contributed by atoms with E-state index in [1.165, 1.54) is 16.4 Å². The van der Waals surface area contributed by atoms with Crippen molar-refractivity contribution >= 4 is 23.5 Å². The van der Waals surface area contributed by atoms with Crippen LogP contribution in [-0.4, -0.2) is 36.3 Å². The molecule has 0 radical (unpaired) electrons. The Bertz CT molecular complexity index is 1290. The number of ether oxygens (including phenoxy) is 1. The van der Waals surface area contributed by atoms with Gasteiger partial charge in [-0.1, -0.05) is 47.7 Å². The van der Waals surface area contributed by atoms with Crippen LogP contribution in [0.5, 0.6) is 5.75 Å². The van der Waals surface area contributed by atoms with Gasteiger partial charge in [0.2, 0.25) is 11.1 Å². The van der Waals surface area contributed by atoms with E-state index in [4.69, 9.17) is 10.6 Å². The lowest BCUT2D eigenvalue weighted by Crippen LogP contribution is -2.19. The number of anilines is 1. The highest BCUT2D eigenvalue weighted by Gasteiger charge is 2.16. The molecule has 3 N–H and O–H groups in total. The van der Waals surface area contributed by atoms with Crippen LogP contribution >= 0.6 is 11.8 Å². The molecule has 4 rings (SSSR count). The lowest BCUT2D eigenvalue weighted by atomic mass is 10.1. The minimum Gasteiger partial charge on any atom is -0.485 e. The van der Waals surface area contributed by atoms with E-state index in [0.717, 1.165) is 33.8 Å². The first-order valence-corrected chi connectivity index (χ1v) is 11.7. The maximum Gasteiger partial charge on any atom is 0.236 e. The summed E-state index contributed by atoms with van der Waals surface area (Å²) in [6.45, 7) is 8.06. The van der Waals surface area contributed by atoms with Gasteiger partial charge in [0, 0.05) is 6.07 Å². The van der Waals surface area contributed by atoms with Crippen LogP contribution in [0, 0.1) is 27.7 Å².